The van der Waals surface area contributed by atoms with E-state index in [9.17, 15) is 9.59 Å². The third-order valence-corrected chi connectivity index (χ3v) is 3.88. The summed E-state index contributed by atoms with van der Waals surface area (Å²) in [5, 5.41) is 0. The minimum atomic E-state index is -0.236. The molecule has 0 unspecified atom stereocenters. The first-order chi connectivity index (χ1) is 11.5. The number of H-pyrrole nitrogens is 1. The van der Waals surface area contributed by atoms with Crippen LogP contribution in [0.1, 0.15) is 28.4 Å². The number of nitrogens with zero attached hydrogens (tertiary/aromatic N) is 3. The predicted octanol–water partition coefficient (Wildman–Crippen LogP) is 2.48. The number of aromatic amines is 1. The summed E-state index contributed by atoms with van der Waals surface area (Å²) in [4.78, 5) is 34.1. The smallest absolute Gasteiger partial charge is 0.255 e. The molecule has 0 radical (unpaired) electrons. The molecular formula is C17H14N4O2S. The van der Waals surface area contributed by atoms with Gasteiger partial charge < -0.3 is 0 Å². The zero-order valence-electron chi connectivity index (χ0n) is 12.9. The Bertz CT molecular complexity index is 992. The number of benzene rings is 1. The Hall–Kier alpha value is -2.93. The van der Waals surface area contributed by atoms with Crippen molar-refractivity contribution in [2.24, 2.45) is 0 Å². The molecule has 0 aliphatic heterocycles. The van der Waals surface area contributed by atoms with Gasteiger partial charge in [0.2, 0.25) is 0 Å². The Morgan fingerprint density at radius 2 is 1.88 bits per heavy atom. The second-order valence-electron chi connectivity index (χ2n) is 5.31. The van der Waals surface area contributed by atoms with E-state index in [1.54, 1.807) is 47.4 Å². The standard InChI is InChI=1S/C17H14N4O2S/c1-11(22)13-2-4-15(5-3-13)21-9-14(16(23)20-17(21)24)6-12-7-18-10-19-8-12/h2-5,7-10H,6H2,1H3,(H,20,23,24). The SMILES string of the molecule is CC(=O)c1ccc(-n2cc(Cc3cncnc3)c(=O)[nH]c2=S)cc1. The maximum absolute atomic E-state index is 12.2. The van der Waals surface area contributed by atoms with E-state index in [-0.39, 0.29) is 11.3 Å². The van der Waals surface area contributed by atoms with Crippen molar-refractivity contribution >= 4 is 18.0 Å². The van der Waals surface area contributed by atoms with Crippen molar-refractivity contribution in [2.75, 3.05) is 0 Å². The number of ketones is 1. The molecule has 120 valence electrons. The number of Topliss-reactive ketones (excluding diaryl/α,β-unsaturated/α-hetero) is 1. The highest BCUT2D eigenvalue weighted by atomic mass is 32.1. The molecule has 3 aromatic rings. The lowest BCUT2D eigenvalue weighted by Crippen LogP contribution is -2.17. The van der Waals surface area contributed by atoms with Crippen LogP contribution in [0.25, 0.3) is 5.69 Å². The molecule has 24 heavy (non-hydrogen) atoms. The fourth-order valence-electron chi connectivity index (χ4n) is 2.33. The average Bonchev–Trinajstić information content (AvgIpc) is 2.58. The third kappa shape index (κ3) is 3.36. The molecule has 3 rings (SSSR count). The van der Waals surface area contributed by atoms with Crippen LogP contribution in [0.3, 0.4) is 0 Å². The number of carbonyl (C=O) groups is 1. The van der Waals surface area contributed by atoms with Crippen LogP contribution in [0.5, 0.6) is 0 Å². The van der Waals surface area contributed by atoms with Crippen molar-refractivity contribution in [1.82, 2.24) is 19.5 Å². The van der Waals surface area contributed by atoms with Gasteiger partial charge in [-0.05, 0) is 49.0 Å². The Morgan fingerprint density at radius 3 is 2.50 bits per heavy atom. The molecular weight excluding hydrogens is 324 g/mol. The lowest BCUT2D eigenvalue weighted by atomic mass is 10.1. The van der Waals surface area contributed by atoms with Gasteiger partial charge in [-0.25, -0.2) is 9.97 Å². The molecule has 2 aromatic heterocycles. The van der Waals surface area contributed by atoms with Crippen LogP contribution in [0.4, 0.5) is 0 Å². The molecule has 1 aromatic carbocycles. The molecule has 0 bridgehead atoms. The van der Waals surface area contributed by atoms with Gasteiger partial charge in [-0.15, -0.1) is 0 Å². The maximum atomic E-state index is 12.2. The highest BCUT2D eigenvalue weighted by Gasteiger charge is 2.07. The van der Waals surface area contributed by atoms with Crippen LogP contribution < -0.4 is 5.56 Å². The van der Waals surface area contributed by atoms with Gasteiger partial charge in [0.1, 0.15) is 6.33 Å². The lowest BCUT2D eigenvalue weighted by Gasteiger charge is -2.09. The van der Waals surface area contributed by atoms with E-state index in [4.69, 9.17) is 12.2 Å². The van der Waals surface area contributed by atoms with E-state index in [1.165, 1.54) is 13.3 Å². The molecule has 1 N–H and O–H groups in total. The zero-order valence-corrected chi connectivity index (χ0v) is 13.7. The van der Waals surface area contributed by atoms with E-state index in [0.29, 0.717) is 22.3 Å². The largest absolute Gasteiger partial charge is 0.299 e. The molecule has 0 saturated carbocycles. The van der Waals surface area contributed by atoms with Gasteiger partial charge in [-0.2, -0.15) is 0 Å². The van der Waals surface area contributed by atoms with Crippen LogP contribution in [0.2, 0.25) is 0 Å². The summed E-state index contributed by atoms with van der Waals surface area (Å²) in [5.41, 5.74) is 2.54. The van der Waals surface area contributed by atoms with Crippen LogP contribution in [0.15, 0.2) is 54.0 Å². The minimum absolute atomic E-state index is 0.00335. The Morgan fingerprint density at radius 1 is 1.21 bits per heavy atom. The number of nitrogens with one attached hydrogen (secondary N) is 1. The molecule has 0 fully saturated rings. The van der Waals surface area contributed by atoms with Crippen LogP contribution >= 0.6 is 12.2 Å². The molecule has 6 nitrogen and oxygen atoms in total. The lowest BCUT2D eigenvalue weighted by molar-refractivity contribution is 0.101. The molecule has 0 saturated heterocycles. The van der Waals surface area contributed by atoms with E-state index in [2.05, 4.69) is 15.0 Å². The zero-order chi connectivity index (χ0) is 17.1. The fraction of sp³-hybridized carbons (Fsp3) is 0.118. The Kier molecular flexibility index (Phi) is 4.43. The highest BCUT2D eigenvalue weighted by Crippen LogP contribution is 2.12. The first-order valence-electron chi connectivity index (χ1n) is 7.25. The van der Waals surface area contributed by atoms with Crippen molar-refractivity contribution in [2.45, 2.75) is 13.3 Å². The molecule has 0 spiro atoms. The molecule has 0 atom stereocenters. The normalized spacial score (nSPS) is 10.5. The first kappa shape index (κ1) is 15.9. The number of hydrogen-bond acceptors (Lipinski definition) is 5. The Labute approximate surface area is 142 Å². The fourth-order valence-corrected chi connectivity index (χ4v) is 2.58. The topological polar surface area (TPSA) is 80.6 Å². The van der Waals surface area contributed by atoms with Gasteiger partial charge in [-0.3, -0.25) is 19.1 Å². The quantitative estimate of drug-likeness (QED) is 0.584. The van der Waals surface area contributed by atoms with Crippen molar-refractivity contribution in [3.05, 3.63) is 81.0 Å². The highest BCUT2D eigenvalue weighted by molar-refractivity contribution is 7.71. The summed E-state index contributed by atoms with van der Waals surface area (Å²) in [5.74, 6) is -0.00335. The number of hydrogen-bond donors (Lipinski definition) is 1. The summed E-state index contributed by atoms with van der Waals surface area (Å²) < 4.78 is 2.00. The van der Waals surface area contributed by atoms with E-state index < -0.39 is 0 Å². The first-order valence-corrected chi connectivity index (χ1v) is 7.65. The summed E-state index contributed by atoms with van der Waals surface area (Å²) in [7, 11) is 0. The minimum Gasteiger partial charge on any atom is -0.299 e. The van der Waals surface area contributed by atoms with E-state index in [1.807, 2.05) is 0 Å². The predicted molar refractivity (Wildman–Crippen MR) is 92.1 cm³/mol. The molecule has 0 amide bonds. The molecule has 7 heteroatoms. The molecule has 0 aliphatic rings. The van der Waals surface area contributed by atoms with Gasteiger partial charge in [0.25, 0.3) is 5.56 Å². The number of aromatic nitrogens is 4. The van der Waals surface area contributed by atoms with Gasteiger partial charge in [0.05, 0.1) is 0 Å². The van der Waals surface area contributed by atoms with Crippen molar-refractivity contribution in [1.29, 1.82) is 0 Å². The summed E-state index contributed by atoms with van der Waals surface area (Å²) in [6.07, 6.45) is 6.88. The maximum Gasteiger partial charge on any atom is 0.255 e. The number of carbonyl (C=O) groups excluding carboxylic acids is 1. The van der Waals surface area contributed by atoms with Gasteiger partial charge in [0.15, 0.2) is 10.6 Å². The summed E-state index contributed by atoms with van der Waals surface area (Å²) in [6.45, 7) is 1.51. The van der Waals surface area contributed by atoms with Crippen molar-refractivity contribution in [3.8, 4) is 5.69 Å². The van der Waals surface area contributed by atoms with Crippen LogP contribution in [0, 0.1) is 4.77 Å². The molecule has 2 heterocycles. The van der Waals surface area contributed by atoms with Crippen molar-refractivity contribution in [3.63, 3.8) is 0 Å². The van der Waals surface area contributed by atoms with Gasteiger partial charge >= 0.3 is 0 Å². The van der Waals surface area contributed by atoms with Crippen molar-refractivity contribution < 1.29 is 4.79 Å². The number of rotatable bonds is 4. The summed E-state index contributed by atoms with van der Waals surface area (Å²) in [6, 6.07) is 7.05. The summed E-state index contributed by atoms with van der Waals surface area (Å²) >= 11 is 5.25. The van der Waals surface area contributed by atoms with Gasteiger partial charge in [0, 0.05) is 41.8 Å². The molecule has 0 aliphatic carbocycles. The Balaban J connectivity index is 2.02. The van der Waals surface area contributed by atoms with E-state index in [0.717, 1.165) is 11.3 Å². The second-order valence-corrected chi connectivity index (χ2v) is 5.70. The van der Waals surface area contributed by atoms with Crippen LogP contribution in [-0.2, 0) is 6.42 Å². The van der Waals surface area contributed by atoms with Crippen LogP contribution in [-0.4, -0.2) is 25.3 Å². The average molecular weight is 338 g/mol. The monoisotopic (exact) mass is 338 g/mol. The van der Waals surface area contributed by atoms with E-state index >= 15 is 0 Å². The second kappa shape index (κ2) is 6.67. The third-order valence-electron chi connectivity index (χ3n) is 3.58. The van der Waals surface area contributed by atoms with Gasteiger partial charge in [-0.1, -0.05) is 0 Å².